The van der Waals surface area contributed by atoms with Crippen molar-refractivity contribution >= 4 is 12.4 Å². The van der Waals surface area contributed by atoms with Gasteiger partial charge in [-0.15, -0.1) is 12.4 Å². The molecule has 5 nitrogen and oxygen atoms in total. The van der Waals surface area contributed by atoms with E-state index in [0.717, 1.165) is 12.2 Å². The predicted octanol–water partition coefficient (Wildman–Crippen LogP) is 3.20. The van der Waals surface area contributed by atoms with Crippen molar-refractivity contribution in [3.8, 4) is 5.75 Å². The van der Waals surface area contributed by atoms with Crippen LogP contribution in [0.5, 0.6) is 5.75 Å². The van der Waals surface area contributed by atoms with Crippen LogP contribution in [-0.4, -0.2) is 29.7 Å². The first-order chi connectivity index (χ1) is 13.2. The van der Waals surface area contributed by atoms with Crippen molar-refractivity contribution < 1.29 is 4.74 Å². The second-order valence-electron chi connectivity index (χ2n) is 8.07. The summed E-state index contributed by atoms with van der Waals surface area (Å²) in [7, 11) is 0. The fourth-order valence-electron chi connectivity index (χ4n) is 4.50. The average Bonchev–Trinajstić information content (AvgIpc) is 3.08. The number of benzene rings is 1. The lowest BCUT2D eigenvalue weighted by molar-refractivity contribution is 0.276. The highest BCUT2D eigenvalue weighted by Gasteiger charge is 2.38. The lowest BCUT2D eigenvalue weighted by atomic mass is 9.74. The molecule has 0 spiro atoms. The summed E-state index contributed by atoms with van der Waals surface area (Å²) >= 11 is 0. The number of pyridine rings is 1. The molecule has 0 bridgehead atoms. The van der Waals surface area contributed by atoms with E-state index in [0.29, 0.717) is 30.5 Å². The van der Waals surface area contributed by atoms with Crippen LogP contribution in [0.15, 0.2) is 48.8 Å². The Labute approximate surface area is 173 Å². The molecule has 152 valence electrons. The number of nitrogens with zero attached hydrogens (tertiary/aromatic N) is 1. The van der Waals surface area contributed by atoms with Crippen LogP contribution >= 0.6 is 12.4 Å². The molecule has 2 aliphatic rings. The van der Waals surface area contributed by atoms with Crippen LogP contribution in [-0.2, 0) is 6.42 Å². The van der Waals surface area contributed by atoms with Gasteiger partial charge in [-0.1, -0.05) is 30.3 Å². The van der Waals surface area contributed by atoms with Gasteiger partial charge in [0.05, 0.1) is 6.20 Å². The van der Waals surface area contributed by atoms with Gasteiger partial charge >= 0.3 is 0 Å². The number of rotatable bonds is 6. The first-order valence-electron chi connectivity index (χ1n) is 10.1. The second kappa shape index (κ2) is 9.70. The maximum Gasteiger partial charge on any atom is 0.137 e. The smallest absolute Gasteiger partial charge is 0.137 e. The third-order valence-corrected chi connectivity index (χ3v) is 6.05. The highest BCUT2D eigenvalue weighted by atomic mass is 35.5. The average molecular weight is 403 g/mol. The van der Waals surface area contributed by atoms with Gasteiger partial charge in [-0.3, -0.25) is 15.8 Å². The van der Waals surface area contributed by atoms with Gasteiger partial charge in [-0.2, -0.15) is 0 Å². The predicted molar refractivity (Wildman–Crippen MR) is 115 cm³/mol. The Hall–Kier alpha value is -1.66. The Balaban J connectivity index is 0.00000225. The van der Waals surface area contributed by atoms with Crippen molar-refractivity contribution in [2.45, 2.75) is 56.7 Å². The van der Waals surface area contributed by atoms with E-state index in [1.165, 1.54) is 30.4 Å². The normalized spacial score (nSPS) is 27.5. The Kier molecular flexibility index (Phi) is 7.30. The number of halogens is 1. The van der Waals surface area contributed by atoms with Crippen LogP contribution in [0.3, 0.4) is 0 Å². The van der Waals surface area contributed by atoms with Crippen molar-refractivity contribution in [1.82, 2.24) is 15.8 Å². The van der Waals surface area contributed by atoms with Gasteiger partial charge in [-0.25, -0.2) is 0 Å². The fourth-order valence-corrected chi connectivity index (χ4v) is 4.50. The number of hydrogen-bond acceptors (Lipinski definition) is 5. The zero-order chi connectivity index (χ0) is 18.6. The first kappa shape index (κ1) is 21.1. The summed E-state index contributed by atoms with van der Waals surface area (Å²) in [5, 5.41) is 0. The van der Waals surface area contributed by atoms with E-state index in [1.807, 2.05) is 24.4 Å². The summed E-state index contributed by atoms with van der Waals surface area (Å²) < 4.78 is 5.97. The number of hydrazine groups is 1. The zero-order valence-electron chi connectivity index (χ0n) is 16.4. The quantitative estimate of drug-likeness (QED) is 0.692. The summed E-state index contributed by atoms with van der Waals surface area (Å²) in [5.41, 5.74) is 15.6. The van der Waals surface area contributed by atoms with Crippen molar-refractivity contribution in [3.05, 3.63) is 59.9 Å². The van der Waals surface area contributed by atoms with Crippen LogP contribution in [0.25, 0.3) is 0 Å². The Morgan fingerprint density at radius 3 is 2.82 bits per heavy atom. The van der Waals surface area contributed by atoms with Crippen molar-refractivity contribution in [2.75, 3.05) is 6.61 Å². The number of nitrogens with one attached hydrogen (secondary N) is 2. The van der Waals surface area contributed by atoms with E-state index in [4.69, 9.17) is 10.5 Å². The van der Waals surface area contributed by atoms with Gasteiger partial charge in [0.2, 0.25) is 0 Å². The van der Waals surface area contributed by atoms with Crippen LogP contribution in [0.2, 0.25) is 0 Å². The third-order valence-electron chi connectivity index (χ3n) is 6.05. The molecule has 1 aliphatic carbocycles. The molecule has 2 heterocycles. The fraction of sp³-hybridized carbons (Fsp3) is 0.500. The minimum atomic E-state index is -0.0250. The van der Waals surface area contributed by atoms with E-state index >= 15 is 0 Å². The largest absolute Gasteiger partial charge is 0.490 e. The van der Waals surface area contributed by atoms with Gasteiger partial charge < -0.3 is 10.5 Å². The van der Waals surface area contributed by atoms with Crippen molar-refractivity contribution in [2.24, 2.45) is 11.7 Å². The second-order valence-corrected chi connectivity index (χ2v) is 8.07. The lowest BCUT2D eigenvalue weighted by Crippen LogP contribution is -2.34. The minimum Gasteiger partial charge on any atom is -0.490 e. The summed E-state index contributed by atoms with van der Waals surface area (Å²) in [4.78, 5) is 4.43. The summed E-state index contributed by atoms with van der Waals surface area (Å²) in [6.45, 7) is 2.77. The number of hydrogen-bond donors (Lipinski definition) is 3. The van der Waals surface area contributed by atoms with Gasteiger partial charge in [0.25, 0.3) is 0 Å². The molecule has 2 aromatic rings. The van der Waals surface area contributed by atoms with Crippen molar-refractivity contribution in [3.63, 3.8) is 0 Å². The molecular formula is C22H31ClN4O. The van der Waals surface area contributed by atoms with Crippen LogP contribution < -0.4 is 21.3 Å². The van der Waals surface area contributed by atoms with Crippen molar-refractivity contribution in [1.29, 1.82) is 0 Å². The molecule has 0 amide bonds. The molecule has 1 aromatic heterocycles. The summed E-state index contributed by atoms with van der Waals surface area (Å²) in [5.74, 6) is 2.07. The molecule has 1 aliphatic heterocycles. The van der Waals surface area contributed by atoms with Gasteiger partial charge in [-0.05, 0) is 61.6 Å². The Morgan fingerprint density at radius 2 is 2.00 bits per heavy atom. The summed E-state index contributed by atoms with van der Waals surface area (Å²) in [6.07, 6.45) is 8.22. The minimum absolute atomic E-state index is 0. The molecule has 4 rings (SSSR count). The number of ether oxygens (including phenoxy) is 1. The molecule has 6 heteroatoms. The molecule has 28 heavy (non-hydrogen) atoms. The molecule has 0 radical (unpaired) electrons. The summed E-state index contributed by atoms with van der Waals surface area (Å²) in [6, 6.07) is 13.6. The number of aromatic nitrogens is 1. The standard InChI is InChI=1S/C22H30N4O.ClH/c1-15-21-11-17(7-8-22(21)26-25-15)18-10-20(13-24-12-18)27-14-19(23)9-16-5-3-2-4-6-16;/h2-6,10,12-13,15,17,19,21-22,25-26H,7-9,11,14,23H2,1H3;1H. The van der Waals surface area contributed by atoms with Gasteiger partial charge in [0, 0.05) is 24.3 Å². The van der Waals surface area contributed by atoms with E-state index in [9.17, 15) is 0 Å². The highest BCUT2D eigenvalue weighted by molar-refractivity contribution is 5.85. The molecule has 5 unspecified atom stereocenters. The van der Waals surface area contributed by atoms with Crippen LogP contribution in [0, 0.1) is 5.92 Å². The highest BCUT2D eigenvalue weighted by Crippen LogP contribution is 2.39. The Bertz CT molecular complexity index is 744. The molecule has 1 saturated carbocycles. The van der Waals surface area contributed by atoms with Crippen LogP contribution in [0.4, 0.5) is 0 Å². The molecule has 5 atom stereocenters. The molecular weight excluding hydrogens is 372 g/mol. The molecule has 4 N–H and O–H groups in total. The van der Waals surface area contributed by atoms with E-state index in [1.54, 1.807) is 6.20 Å². The number of fused-ring (bicyclic) bond motifs is 1. The zero-order valence-corrected chi connectivity index (χ0v) is 17.2. The SMILES string of the molecule is CC1NNC2CCC(c3cncc(OCC(N)Cc4ccccc4)c3)CC12.Cl. The Morgan fingerprint density at radius 1 is 1.18 bits per heavy atom. The number of nitrogens with two attached hydrogens (primary N) is 1. The van der Waals surface area contributed by atoms with Crippen LogP contribution in [0.1, 0.15) is 43.2 Å². The van der Waals surface area contributed by atoms with E-state index < -0.39 is 0 Å². The molecule has 2 fully saturated rings. The molecule has 1 saturated heterocycles. The maximum atomic E-state index is 6.25. The monoisotopic (exact) mass is 402 g/mol. The lowest BCUT2D eigenvalue weighted by Gasteiger charge is -2.32. The third kappa shape index (κ3) is 5.03. The van der Waals surface area contributed by atoms with E-state index in [-0.39, 0.29) is 18.4 Å². The van der Waals surface area contributed by atoms with Gasteiger partial charge in [0.15, 0.2) is 0 Å². The maximum absolute atomic E-state index is 6.25. The van der Waals surface area contributed by atoms with Gasteiger partial charge in [0.1, 0.15) is 12.4 Å². The molecule has 1 aromatic carbocycles. The van der Waals surface area contributed by atoms with E-state index in [2.05, 4.69) is 41.0 Å². The first-order valence-corrected chi connectivity index (χ1v) is 10.1. The topological polar surface area (TPSA) is 72.2 Å².